The number of aromatic nitrogens is 2. The van der Waals surface area contributed by atoms with Gasteiger partial charge in [0.1, 0.15) is 5.65 Å². The number of aliphatic hydroxyl groups excluding tert-OH is 1. The Labute approximate surface area is 120 Å². The van der Waals surface area contributed by atoms with Gasteiger partial charge in [0.2, 0.25) is 0 Å². The van der Waals surface area contributed by atoms with Gasteiger partial charge in [0.25, 0.3) is 0 Å². The van der Waals surface area contributed by atoms with Crippen molar-refractivity contribution in [3.63, 3.8) is 0 Å². The third-order valence-corrected chi connectivity index (χ3v) is 3.53. The van der Waals surface area contributed by atoms with Crippen molar-refractivity contribution in [3.8, 4) is 0 Å². The van der Waals surface area contributed by atoms with Gasteiger partial charge in [-0.1, -0.05) is 6.07 Å². The first-order chi connectivity index (χ1) is 9.58. The van der Waals surface area contributed by atoms with Crippen LogP contribution in [-0.4, -0.2) is 52.6 Å². The van der Waals surface area contributed by atoms with Crippen molar-refractivity contribution in [2.45, 2.75) is 26.5 Å². The van der Waals surface area contributed by atoms with Crippen LogP contribution in [0.2, 0.25) is 0 Å². The summed E-state index contributed by atoms with van der Waals surface area (Å²) in [7, 11) is 4.14. The molecule has 5 nitrogen and oxygen atoms in total. The summed E-state index contributed by atoms with van der Waals surface area (Å²) in [4.78, 5) is 9.11. The standard InChI is InChI=1S/C15H24N4O/c1-5-18(12(2)10-17(3)4)15-13(11-20)19-9-7-6-8-14(19)16-15/h6-9,12,20H,5,10-11H2,1-4H3. The van der Waals surface area contributed by atoms with Gasteiger partial charge >= 0.3 is 0 Å². The van der Waals surface area contributed by atoms with Gasteiger partial charge in [0.15, 0.2) is 5.82 Å². The molecule has 0 bridgehead atoms. The second-order valence-electron chi connectivity index (χ2n) is 5.37. The van der Waals surface area contributed by atoms with Crippen LogP contribution < -0.4 is 4.90 Å². The van der Waals surface area contributed by atoms with Crippen LogP contribution in [-0.2, 0) is 6.61 Å². The molecule has 0 aliphatic carbocycles. The maximum Gasteiger partial charge on any atom is 0.153 e. The number of anilines is 1. The average Bonchev–Trinajstić information content (AvgIpc) is 2.76. The number of nitrogens with zero attached hydrogens (tertiary/aromatic N) is 4. The maximum atomic E-state index is 9.72. The SMILES string of the molecule is CCN(c1nc2ccccn2c1CO)C(C)CN(C)C. The van der Waals surface area contributed by atoms with Crippen molar-refractivity contribution in [3.05, 3.63) is 30.1 Å². The van der Waals surface area contributed by atoms with E-state index in [0.29, 0.717) is 6.04 Å². The molecule has 0 saturated heterocycles. The van der Waals surface area contributed by atoms with E-state index in [1.165, 1.54) is 0 Å². The van der Waals surface area contributed by atoms with Crippen molar-refractivity contribution in [1.29, 1.82) is 0 Å². The van der Waals surface area contributed by atoms with Crippen LogP contribution in [0.1, 0.15) is 19.5 Å². The molecular formula is C15H24N4O. The number of hydrogen-bond donors (Lipinski definition) is 1. The highest BCUT2D eigenvalue weighted by Crippen LogP contribution is 2.23. The summed E-state index contributed by atoms with van der Waals surface area (Å²) in [5, 5.41) is 9.72. The molecular weight excluding hydrogens is 252 g/mol. The van der Waals surface area contributed by atoms with Gasteiger partial charge in [-0.15, -0.1) is 0 Å². The molecule has 0 radical (unpaired) electrons. The molecule has 0 aromatic carbocycles. The maximum absolute atomic E-state index is 9.72. The Kier molecular flexibility index (Phi) is 4.62. The number of hydrogen-bond acceptors (Lipinski definition) is 4. The number of fused-ring (bicyclic) bond motifs is 1. The van der Waals surface area contributed by atoms with E-state index in [1.54, 1.807) is 0 Å². The van der Waals surface area contributed by atoms with Gasteiger partial charge in [0.05, 0.1) is 12.3 Å². The molecule has 0 fully saturated rings. The lowest BCUT2D eigenvalue weighted by Gasteiger charge is -2.30. The van der Waals surface area contributed by atoms with Gasteiger partial charge < -0.3 is 14.9 Å². The van der Waals surface area contributed by atoms with Crippen LogP contribution in [0.4, 0.5) is 5.82 Å². The molecule has 20 heavy (non-hydrogen) atoms. The van der Waals surface area contributed by atoms with E-state index in [1.807, 2.05) is 28.8 Å². The molecule has 0 amide bonds. The summed E-state index contributed by atoms with van der Waals surface area (Å²) in [6.07, 6.45) is 1.95. The van der Waals surface area contributed by atoms with Crippen LogP contribution in [0, 0.1) is 0 Å². The molecule has 0 saturated carbocycles. The summed E-state index contributed by atoms with van der Waals surface area (Å²) in [5.74, 6) is 0.885. The van der Waals surface area contributed by atoms with Gasteiger partial charge in [-0.05, 0) is 40.1 Å². The number of imidazole rings is 1. The van der Waals surface area contributed by atoms with E-state index in [0.717, 1.165) is 30.2 Å². The van der Waals surface area contributed by atoms with Crippen molar-refractivity contribution in [2.75, 3.05) is 32.1 Å². The molecule has 0 spiro atoms. The minimum absolute atomic E-state index is 0.00824. The third kappa shape index (κ3) is 2.78. The largest absolute Gasteiger partial charge is 0.390 e. The van der Waals surface area contributed by atoms with E-state index in [2.05, 4.69) is 37.7 Å². The Balaban J connectivity index is 2.43. The Morgan fingerprint density at radius 1 is 1.35 bits per heavy atom. The van der Waals surface area contributed by atoms with Crippen LogP contribution in [0.25, 0.3) is 5.65 Å². The monoisotopic (exact) mass is 276 g/mol. The van der Waals surface area contributed by atoms with E-state index in [9.17, 15) is 5.11 Å². The molecule has 2 aromatic rings. The summed E-state index contributed by atoms with van der Waals surface area (Å²) in [6.45, 7) is 6.12. The quantitative estimate of drug-likeness (QED) is 0.870. The Hall–Kier alpha value is -1.59. The van der Waals surface area contributed by atoms with E-state index >= 15 is 0 Å². The summed E-state index contributed by atoms with van der Waals surface area (Å²) >= 11 is 0. The zero-order valence-electron chi connectivity index (χ0n) is 12.7. The molecule has 2 rings (SSSR count). The smallest absolute Gasteiger partial charge is 0.153 e. The van der Waals surface area contributed by atoms with Crippen molar-refractivity contribution in [2.24, 2.45) is 0 Å². The Bertz CT molecular complexity index is 564. The van der Waals surface area contributed by atoms with Crippen molar-refractivity contribution >= 4 is 11.5 Å². The highest BCUT2D eigenvalue weighted by atomic mass is 16.3. The predicted molar refractivity (Wildman–Crippen MR) is 82.2 cm³/mol. The fraction of sp³-hybridized carbons (Fsp3) is 0.533. The zero-order valence-corrected chi connectivity index (χ0v) is 12.7. The summed E-state index contributed by atoms with van der Waals surface area (Å²) < 4.78 is 1.96. The van der Waals surface area contributed by atoms with Gasteiger partial charge in [0, 0.05) is 25.3 Å². The fourth-order valence-electron chi connectivity index (χ4n) is 2.71. The Morgan fingerprint density at radius 2 is 2.10 bits per heavy atom. The topological polar surface area (TPSA) is 44.0 Å². The minimum Gasteiger partial charge on any atom is -0.390 e. The minimum atomic E-state index is -0.00824. The summed E-state index contributed by atoms with van der Waals surface area (Å²) in [6, 6.07) is 6.22. The van der Waals surface area contributed by atoms with Crippen LogP contribution in [0.15, 0.2) is 24.4 Å². The first-order valence-electron chi connectivity index (χ1n) is 7.06. The molecule has 1 N–H and O–H groups in total. The molecule has 5 heteroatoms. The molecule has 1 atom stereocenters. The predicted octanol–water partition coefficient (Wildman–Crippen LogP) is 1.60. The second-order valence-corrected chi connectivity index (χ2v) is 5.37. The van der Waals surface area contributed by atoms with Gasteiger partial charge in [-0.2, -0.15) is 0 Å². The number of likely N-dealkylation sites (N-methyl/N-ethyl adjacent to an activating group) is 2. The lowest BCUT2D eigenvalue weighted by Crippen LogP contribution is -2.40. The lowest BCUT2D eigenvalue weighted by atomic mass is 10.2. The van der Waals surface area contributed by atoms with E-state index in [-0.39, 0.29) is 6.61 Å². The molecule has 110 valence electrons. The second kappa shape index (κ2) is 6.24. The lowest BCUT2D eigenvalue weighted by molar-refractivity contribution is 0.275. The Morgan fingerprint density at radius 3 is 2.70 bits per heavy atom. The molecule has 2 aromatic heterocycles. The van der Waals surface area contributed by atoms with E-state index < -0.39 is 0 Å². The van der Waals surface area contributed by atoms with E-state index in [4.69, 9.17) is 4.98 Å². The zero-order chi connectivity index (χ0) is 14.7. The molecule has 0 aliphatic heterocycles. The first kappa shape index (κ1) is 14.8. The summed E-state index contributed by atoms with van der Waals surface area (Å²) in [5.41, 5.74) is 1.73. The number of aliphatic hydroxyl groups is 1. The van der Waals surface area contributed by atoms with Gasteiger partial charge in [-0.25, -0.2) is 4.98 Å². The molecule has 2 heterocycles. The fourth-order valence-corrected chi connectivity index (χ4v) is 2.71. The third-order valence-electron chi connectivity index (χ3n) is 3.53. The van der Waals surface area contributed by atoms with Crippen LogP contribution in [0.3, 0.4) is 0 Å². The normalized spacial score (nSPS) is 13.1. The molecule has 0 aliphatic rings. The molecule has 1 unspecified atom stereocenters. The van der Waals surface area contributed by atoms with Crippen molar-refractivity contribution < 1.29 is 5.11 Å². The number of rotatable bonds is 6. The highest BCUT2D eigenvalue weighted by molar-refractivity contribution is 5.56. The van der Waals surface area contributed by atoms with Crippen molar-refractivity contribution in [1.82, 2.24) is 14.3 Å². The van der Waals surface area contributed by atoms with Gasteiger partial charge in [-0.3, -0.25) is 4.40 Å². The first-order valence-corrected chi connectivity index (χ1v) is 7.06. The average molecular weight is 276 g/mol. The van der Waals surface area contributed by atoms with Crippen LogP contribution in [0.5, 0.6) is 0 Å². The highest BCUT2D eigenvalue weighted by Gasteiger charge is 2.21. The number of pyridine rings is 1. The van der Waals surface area contributed by atoms with Crippen LogP contribution >= 0.6 is 0 Å².